The molecule has 0 aromatic carbocycles. The molecule has 1 aliphatic rings. The van der Waals surface area contributed by atoms with Gasteiger partial charge in [0.2, 0.25) is 5.89 Å². The second-order valence-electron chi connectivity index (χ2n) is 6.47. The molecule has 5 nitrogen and oxygen atoms in total. The average Bonchev–Trinajstić information content (AvgIpc) is 3.01. The molecule has 0 aliphatic heterocycles. The van der Waals surface area contributed by atoms with Gasteiger partial charge in [0.1, 0.15) is 0 Å². The van der Waals surface area contributed by atoms with E-state index in [-0.39, 0.29) is 5.54 Å². The minimum absolute atomic E-state index is 0.0613. The lowest BCUT2D eigenvalue weighted by Gasteiger charge is -2.19. The van der Waals surface area contributed by atoms with Crippen molar-refractivity contribution >= 4 is 6.01 Å². The zero-order valence-corrected chi connectivity index (χ0v) is 12.6. The normalized spacial score (nSPS) is 15.8. The molecular formula is C14H26N4O. The fourth-order valence-electron chi connectivity index (χ4n) is 1.93. The van der Waals surface area contributed by atoms with E-state index in [9.17, 15) is 0 Å². The molecule has 0 atom stereocenters. The van der Waals surface area contributed by atoms with Crippen molar-refractivity contribution in [1.82, 2.24) is 15.5 Å². The number of hydrogen-bond acceptors (Lipinski definition) is 5. The lowest BCUT2D eigenvalue weighted by Crippen LogP contribution is -2.35. The number of anilines is 1. The zero-order valence-electron chi connectivity index (χ0n) is 12.6. The van der Waals surface area contributed by atoms with Gasteiger partial charge in [-0.2, -0.15) is 0 Å². The molecule has 0 bridgehead atoms. The third kappa shape index (κ3) is 4.82. The van der Waals surface area contributed by atoms with Crippen molar-refractivity contribution in [2.45, 2.75) is 59.0 Å². The predicted molar refractivity (Wildman–Crippen MR) is 76.1 cm³/mol. The van der Waals surface area contributed by atoms with Crippen molar-refractivity contribution in [1.29, 1.82) is 0 Å². The number of aromatic nitrogens is 2. The number of nitrogens with zero attached hydrogens (tertiary/aromatic N) is 3. The van der Waals surface area contributed by atoms with Gasteiger partial charge in [-0.1, -0.05) is 12.0 Å². The van der Waals surface area contributed by atoms with Gasteiger partial charge < -0.3 is 14.6 Å². The minimum Gasteiger partial charge on any atom is -0.407 e. The van der Waals surface area contributed by atoms with Crippen LogP contribution in [-0.2, 0) is 6.54 Å². The molecule has 0 unspecified atom stereocenters. The van der Waals surface area contributed by atoms with Crippen molar-refractivity contribution < 1.29 is 4.42 Å². The van der Waals surface area contributed by atoms with Crippen molar-refractivity contribution in [3.8, 4) is 0 Å². The van der Waals surface area contributed by atoms with E-state index in [4.69, 9.17) is 4.42 Å². The maximum absolute atomic E-state index is 5.76. The molecule has 108 valence electrons. The van der Waals surface area contributed by atoms with E-state index in [1.54, 1.807) is 0 Å². The van der Waals surface area contributed by atoms with Crippen LogP contribution in [0.3, 0.4) is 0 Å². The van der Waals surface area contributed by atoms with Crippen molar-refractivity contribution in [3.05, 3.63) is 5.89 Å². The van der Waals surface area contributed by atoms with Crippen LogP contribution in [0.15, 0.2) is 4.42 Å². The summed E-state index contributed by atoms with van der Waals surface area (Å²) in [5, 5.41) is 11.7. The van der Waals surface area contributed by atoms with Crippen molar-refractivity contribution in [3.63, 3.8) is 0 Å². The van der Waals surface area contributed by atoms with Crippen LogP contribution in [-0.4, -0.2) is 28.8 Å². The van der Waals surface area contributed by atoms with Crippen molar-refractivity contribution in [2.24, 2.45) is 5.92 Å². The molecule has 1 fully saturated rings. The Bertz CT molecular complexity index is 392. The Balaban J connectivity index is 1.92. The summed E-state index contributed by atoms with van der Waals surface area (Å²) >= 11 is 0. The van der Waals surface area contributed by atoms with Crippen LogP contribution in [0.4, 0.5) is 6.01 Å². The average molecular weight is 266 g/mol. The first-order chi connectivity index (χ1) is 8.98. The summed E-state index contributed by atoms with van der Waals surface area (Å²) < 4.78 is 5.76. The highest BCUT2D eigenvalue weighted by molar-refractivity contribution is 5.24. The topological polar surface area (TPSA) is 54.2 Å². The van der Waals surface area contributed by atoms with E-state index in [0.717, 1.165) is 25.4 Å². The van der Waals surface area contributed by atoms with Gasteiger partial charge in [0, 0.05) is 18.6 Å². The predicted octanol–water partition coefficient (Wildman–Crippen LogP) is 2.58. The van der Waals surface area contributed by atoms with Gasteiger partial charge >= 0.3 is 6.01 Å². The highest BCUT2D eigenvalue weighted by atomic mass is 16.4. The number of rotatable bonds is 7. The number of nitrogens with one attached hydrogen (secondary N) is 1. The van der Waals surface area contributed by atoms with Gasteiger partial charge in [0.15, 0.2) is 0 Å². The molecular weight excluding hydrogens is 240 g/mol. The summed E-state index contributed by atoms with van der Waals surface area (Å²) in [7, 11) is 0. The van der Waals surface area contributed by atoms with Crippen molar-refractivity contribution in [2.75, 3.05) is 18.0 Å². The summed E-state index contributed by atoms with van der Waals surface area (Å²) in [5.41, 5.74) is 0.0613. The van der Waals surface area contributed by atoms with Gasteiger partial charge in [-0.15, -0.1) is 5.10 Å². The molecule has 1 aromatic rings. The molecule has 0 radical (unpaired) electrons. The summed E-state index contributed by atoms with van der Waals surface area (Å²) in [4.78, 5) is 2.23. The third-order valence-electron chi connectivity index (χ3n) is 3.17. The molecule has 1 saturated carbocycles. The van der Waals surface area contributed by atoms with E-state index in [1.807, 2.05) is 0 Å². The number of hydrogen-bond donors (Lipinski definition) is 1. The first-order valence-electron chi connectivity index (χ1n) is 7.30. The highest BCUT2D eigenvalue weighted by Gasteiger charge is 2.26. The maximum atomic E-state index is 5.76. The Morgan fingerprint density at radius 1 is 1.32 bits per heavy atom. The van der Waals surface area contributed by atoms with E-state index >= 15 is 0 Å². The van der Waals surface area contributed by atoms with Gasteiger partial charge in [0.05, 0.1) is 6.54 Å². The summed E-state index contributed by atoms with van der Waals surface area (Å²) in [6.07, 6.45) is 3.78. The Morgan fingerprint density at radius 2 is 2.05 bits per heavy atom. The summed E-state index contributed by atoms with van der Waals surface area (Å²) in [6, 6.07) is 0.680. The molecule has 1 aromatic heterocycles. The molecule has 19 heavy (non-hydrogen) atoms. The Kier molecular flexibility index (Phi) is 4.45. The quantitative estimate of drug-likeness (QED) is 0.822. The molecule has 5 heteroatoms. The molecule has 0 spiro atoms. The summed E-state index contributed by atoms with van der Waals surface area (Å²) in [5.74, 6) is 1.50. The molecule has 0 saturated heterocycles. The Hall–Kier alpha value is -1.10. The lowest BCUT2D eigenvalue weighted by molar-refractivity contribution is 0.380. The van der Waals surface area contributed by atoms with Gasteiger partial charge in [-0.3, -0.25) is 0 Å². The first kappa shape index (κ1) is 14.3. The van der Waals surface area contributed by atoms with Crippen LogP contribution in [0.2, 0.25) is 0 Å². The monoisotopic (exact) mass is 266 g/mol. The lowest BCUT2D eigenvalue weighted by atomic mass is 10.1. The van der Waals surface area contributed by atoms with Crippen LogP contribution >= 0.6 is 0 Å². The van der Waals surface area contributed by atoms with Crippen LogP contribution in [0.1, 0.15) is 52.8 Å². The largest absolute Gasteiger partial charge is 0.407 e. The van der Waals surface area contributed by atoms with Gasteiger partial charge in [-0.25, -0.2) is 0 Å². The SMILES string of the molecule is CCCN(CC1CC1)c1nnc(CNC(C)(C)C)o1. The molecule has 2 rings (SSSR count). The van der Waals surface area contributed by atoms with Crippen LogP contribution in [0.25, 0.3) is 0 Å². The second kappa shape index (κ2) is 5.90. The van der Waals surface area contributed by atoms with E-state index < -0.39 is 0 Å². The first-order valence-corrected chi connectivity index (χ1v) is 7.30. The molecule has 0 amide bonds. The van der Waals surface area contributed by atoms with E-state index in [0.29, 0.717) is 18.5 Å². The Morgan fingerprint density at radius 3 is 2.63 bits per heavy atom. The van der Waals surface area contributed by atoms with Gasteiger partial charge in [-0.05, 0) is 46.0 Å². The van der Waals surface area contributed by atoms with Gasteiger partial charge in [0.25, 0.3) is 0 Å². The van der Waals surface area contributed by atoms with Crippen LogP contribution in [0.5, 0.6) is 0 Å². The fraction of sp³-hybridized carbons (Fsp3) is 0.857. The fourth-order valence-corrected chi connectivity index (χ4v) is 1.93. The smallest absolute Gasteiger partial charge is 0.318 e. The highest BCUT2D eigenvalue weighted by Crippen LogP contribution is 2.31. The van der Waals surface area contributed by atoms with Crippen LogP contribution < -0.4 is 10.2 Å². The van der Waals surface area contributed by atoms with E-state index in [2.05, 4.69) is 48.1 Å². The van der Waals surface area contributed by atoms with Crippen LogP contribution in [0, 0.1) is 5.92 Å². The zero-order chi connectivity index (χ0) is 13.9. The molecule has 1 N–H and O–H groups in total. The second-order valence-corrected chi connectivity index (χ2v) is 6.47. The molecule has 1 aliphatic carbocycles. The Labute approximate surface area is 115 Å². The molecule has 1 heterocycles. The summed E-state index contributed by atoms with van der Waals surface area (Å²) in [6.45, 7) is 11.2. The maximum Gasteiger partial charge on any atom is 0.318 e. The minimum atomic E-state index is 0.0613. The van der Waals surface area contributed by atoms with E-state index in [1.165, 1.54) is 12.8 Å². The standard InChI is InChI=1S/C14H26N4O/c1-5-8-18(10-11-6-7-11)13-17-16-12(19-13)9-15-14(2,3)4/h11,15H,5-10H2,1-4H3. The third-order valence-corrected chi connectivity index (χ3v) is 3.17.